The van der Waals surface area contributed by atoms with Crippen LogP contribution in [0.1, 0.15) is 12.5 Å². The minimum atomic E-state index is -0.410. The van der Waals surface area contributed by atoms with E-state index in [1.165, 1.54) is 12.1 Å². The van der Waals surface area contributed by atoms with E-state index < -0.39 is 6.03 Å². The average Bonchev–Trinajstić information content (AvgIpc) is 2.98. The molecule has 140 valence electrons. The number of aromatic nitrogens is 2. The highest BCUT2D eigenvalue weighted by Crippen LogP contribution is 2.21. The number of urea groups is 1. The standard InChI is InChI=1S/C19H18BrFN4O2/c1-2-27-16-9-7-15(8-10-16)22-19(26)23-18-17(20)12-25(24-18)11-13-3-5-14(21)6-4-13/h3-10,12H,2,11H2,1H3,(H2,22,23,24,26). The first-order valence-corrected chi connectivity index (χ1v) is 9.11. The lowest BCUT2D eigenvalue weighted by molar-refractivity contribution is 0.262. The van der Waals surface area contributed by atoms with Gasteiger partial charge in [0, 0.05) is 11.9 Å². The van der Waals surface area contributed by atoms with Crippen molar-refractivity contribution in [2.75, 3.05) is 17.2 Å². The summed E-state index contributed by atoms with van der Waals surface area (Å²) in [6, 6.07) is 12.9. The summed E-state index contributed by atoms with van der Waals surface area (Å²) in [4.78, 5) is 12.2. The molecule has 0 aliphatic heterocycles. The molecule has 27 heavy (non-hydrogen) atoms. The second-order valence-electron chi connectivity index (χ2n) is 5.69. The third-order valence-corrected chi connectivity index (χ3v) is 4.21. The third kappa shape index (κ3) is 5.30. The minimum absolute atomic E-state index is 0.284. The van der Waals surface area contributed by atoms with Crippen molar-refractivity contribution in [2.24, 2.45) is 0 Å². The second-order valence-corrected chi connectivity index (χ2v) is 6.54. The Kier molecular flexibility index (Phi) is 6.08. The van der Waals surface area contributed by atoms with E-state index in [9.17, 15) is 9.18 Å². The highest BCUT2D eigenvalue weighted by atomic mass is 79.9. The number of rotatable bonds is 6. The maximum Gasteiger partial charge on any atom is 0.324 e. The van der Waals surface area contributed by atoms with Gasteiger partial charge < -0.3 is 10.1 Å². The molecule has 0 saturated heterocycles. The molecule has 0 atom stereocenters. The zero-order chi connectivity index (χ0) is 19.2. The van der Waals surface area contributed by atoms with Crippen molar-refractivity contribution < 1.29 is 13.9 Å². The molecule has 0 saturated carbocycles. The molecule has 0 aliphatic rings. The Balaban J connectivity index is 1.60. The van der Waals surface area contributed by atoms with Crippen molar-refractivity contribution in [2.45, 2.75) is 13.5 Å². The van der Waals surface area contributed by atoms with Gasteiger partial charge in [-0.25, -0.2) is 9.18 Å². The third-order valence-electron chi connectivity index (χ3n) is 3.63. The Morgan fingerprint density at radius 3 is 2.52 bits per heavy atom. The second kappa shape index (κ2) is 8.68. The van der Waals surface area contributed by atoms with Crippen LogP contribution in [0.15, 0.2) is 59.2 Å². The fraction of sp³-hybridized carbons (Fsp3) is 0.158. The number of nitrogens with zero attached hydrogens (tertiary/aromatic N) is 2. The molecule has 2 amide bonds. The van der Waals surface area contributed by atoms with Crippen LogP contribution >= 0.6 is 15.9 Å². The van der Waals surface area contributed by atoms with Crippen LogP contribution in [0.25, 0.3) is 0 Å². The normalized spacial score (nSPS) is 10.5. The molecule has 0 radical (unpaired) electrons. The molecule has 3 rings (SSSR count). The molecule has 0 spiro atoms. The predicted molar refractivity (Wildman–Crippen MR) is 106 cm³/mol. The fourth-order valence-corrected chi connectivity index (χ4v) is 2.83. The van der Waals surface area contributed by atoms with Crippen LogP contribution < -0.4 is 15.4 Å². The van der Waals surface area contributed by atoms with Crippen LogP contribution in [0.5, 0.6) is 5.75 Å². The van der Waals surface area contributed by atoms with Crippen LogP contribution in [0.4, 0.5) is 20.7 Å². The molecule has 0 unspecified atom stereocenters. The highest BCUT2D eigenvalue weighted by molar-refractivity contribution is 9.10. The summed E-state index contributed by atoms with van der Waals surface area (Å²) in [7, 11) is 0. The van der Waals surface area contributed by atoms with E-state index in [0.29, 0.717) is 29.1 Å². The summed E-state index contributed by atoms with van der Waals surface area (Å²) in [5, 5.41) is 9.76. The zero-order valence-electron chi connectivity index (χ0n) is 14.6. The molecule has 2 N–H and O–H groups in total. The SMILES string of the molecule is CCOc1ccc(NC(=O)Nc2nn(Cc3ccc(F)cc3)cc2Br)cc1. The van der Waals surface area contributed by atoms with Crippen LogP contribution in [0.3, 0.4) is 0 Å². The number of hydrogen-bond acceptors (Lipinski definition) is 3. The molecule has 0 aliphatic carbocycles. The summed E-state index contributed by atoms with van der Waals surface area (Å²) in [5.74, 6) is 0.847. The van der Waals surface area contributed by atoms with Crippen LogP contribution in [-0.2, 0) is 6.54 Å². The van der Waals surface area contributed by atoms with E-state index in [1.54, 1.807) is 47.3 Å². The van der Waals surface area contributed by atoms with Crippen molar-refractivity contribution in [1.29, 1.82) is 0 Å². The fourth-order valence-electron chi connectivity index (χ4n) is 2.41. The van der Waals surface area contributed by atoms with E-state index in [2.05, 4.69) is 31.7 Å². The molecule has 0 bridgehead atoms. The maximum absolute atomic E-state index is 13.0. The first kappa shape index (κ1) is 18.9. The Labute approximate surface area is 164 Å². The predicted octanol–water partition coefficient (Wildman–Crippen LogP) is 4.88. The largest absolute Gasteiger partial charge is 0.494 e. The van der Waals surface area contributed by atoms with Gasteiger partial charge in [0.1, 0.15) is 11.6 Å². The van der Waals surface area contributed by atoms with Crippen molar-refractivity contribution in [3.05, 3.63) is 70.6 Å². The molecular formula is C19H18BrFN4O2. The topological polar surface area (TPSA) is 68.2 Å². The molecule has 8 heteroatoms. The minimum Gasteiger partial charge on any atom is -0.494 e. The number of anilines is 2. The highest BCUT2D eigenvalue weighted by Gasteiger charge is 2.11. The van der Waals surface area contributed by atoms with Gasteiger partial charge in [-0.05, 0) is 64.8 Å². The number of amides is 2. The molecule has 6 nitrogen and oxygen atoms in total. The van der Waals surface area contributed by atoms with Gasteiger partial charge in [-0.3, -0.25) is 10.00 Å². The number of halogens is 2. The average molecular weight is 433 g/mol. The van der Waals surface area contributed by atoms with Gasteiger partial charge in [0.2, 0.25) is 0 Å². The number of hydrogen-bond donors (Lipinski definition) is 2. The van der Waals surface area contributed by atoms with Gasteiger partial charge in [0.25, 0.3) is 0 Å². The van der Waals surface area contributed by atoms with Crippen molar-refractivity contribution >= 4 is 33.5 Å². The number of carbonyl (C=O) groups is 1. The Hall–Kier alpha value is -2.87. The molecule has 0 fully saturated rings. The summed E-state index contributed by atoms with van der Waals surface area (Å²) in [5.41, 5.74) is 1.54. The van der Waals surface area contributed by atoms with Crippen LogP contribution in [-0.4, -0.2) is 22.4 Å². The van der Waals surface area contributed by atoms with Crippen molar-refractivity contribution in [3.63, 3.8) is 0 Å². The van der Waals surface area contributed by atoms with Gasteiger partial charge >= 0.3 is 6.03 Å². The maximum atomic E-state index is 13.0. The Bertz CT molecular complexity index is 910. The number of carbonyl (C=O) groups excluding carboxylic acids is 1. The Morgan fingerprint density at radius 2 is 1.85 bits per heavy atom. The van der Waals surface area contributed by atoms with E-state index in [1.807, 2.05) is 6.92 Å². The van der Waals surface area contributed by atoms with Crippen molar-refractivity contribution in [1.82, 2.24) is 9.78 Å². The first-order valence-electron chi connectivity index (χ1n) is 8.31. The summed E-state index contributed by atoms with van der Waals surface area (Å²) in [6.45, 7) is 2.95. The molecule has 1 heterocycles. The molecular weight excluding hydrogens is 415 g/mol. The van der Waals surface area contributed by atoms with Gasteiger partial charge in [0.15, 0.2) is 5.82 Å². The van der Waals surface area contributed by atoms with Gasteiger partial charge in [-0.2, -0.15) is 5.10 Å². The number of benzene rings is 2. The summed E-state index contributed by atoms with van der Waals surface area (Å²) in [6.07, 6.45) is 1.75. The molecule has 2 aromatic carbocycles. The number of nitrogens with one attached hydrogen (secondary N) is 2. The summed E-state index contributed by atoms with van der Waals surface area (Å²) >= 11 is 3.38. The van der Waals surface area contributed by atoms with Gasteiger partial charge in [0.05, 0.1) is 17.6 Å². The molecule has 1 aromatic heterocycles. The zero-order valence-corrected chi connectivity index (χ0v) is 16.2. The lowest BCUT2D eigenvalue weighted by Crippen LogP contribution is -2.20. The van der Waals surface area contributed by atoms with Gasteiger partial charge in [-0.1, -0.05) is 12.1 Å². The van der Waals surface area contributed by atoms with Crippen molar-refractivity contribution in [3.8, 4) is 5.75 Å². The van der Waals surface area contributed by atoms with E-state index in [-0.39, 0.29) is 5.82 Å². The van der Waals surface area contributed by atoms with E-state index in [0.717, 1.165) is 11.3 Å². The van der Waals surface area contributed by atoms with Crippen LogP contribution in [0.2, 0.25) is 0 Å². The molecule has 3 aromatic rings. The summed E-state index contributed by atoms with van der Waals surface area (Å²) < 4.78 is 20.7. The quantitative estimate of drug-likeness (QED) is 0.583. The monoisotopic (exact) mass is 432 g/mol. The van der Waals surface area contributed by atoms with E-state index in [4.69, 9.17) is 4.74 Å². The van der Waals surface area contributed by atoms with Gasteiger partial charge in [-0.15, -0.1) is 0 Å². The lowest BCUT2D eigenvalue weighted by Gasteiger charge is -2.07. The lowest BCUT2D eigenvalue weighted by atomic mass is 10.2. The number of ether oxygens (including phenoxy) is 1. The van der Waals surface area contributed by atoms with Crippen LogP contribution in [0, 0.1) is 5.82 Å². The van der Waals surface area contributed by atoms with E-state index >= 15 is 0 Å². The first-order chi connectivity index (χ1) is 13.0. The smallest absolute Gasteiger partial charge is 0.324 e. The Morgan fingerprint density at radius 1 is 1.15 bits per heavy atom.